The van der Waals surface area contributed by atoms with Crippen LogP contribution >= 0.6 is 11.8 Å². The summed E-state index contributed by atoms with van der Waals surface area (Å²) in [7, 11) is 1.74. The lowest BCUT2D eigenvalue weighted by Gasteiger charge is -2.14. The molecule has 0 aliphatic carbocycles. The Labute approximate surface area is 120 Å². The largest absolute Gasteiger partial charge is 0.310 e. The zero-order valence-corrected chi connectivity index (χ0v) is 12.6. The summed E-state index contributed by atoms with van der Waals surface area (Å²) in [6.45, 7) is 5.82. The molecular formula is C11H17N7OS. The zero-order chi connectivity index (χ0) is 14.7. The van der Waals surface area contributed by atoms with Gasteiger partial charge in [0.15, 0.2) is 0 Å². The molecule has 2 aromatic heterocycles. The molecule has 2 heterocycles. The van der Waals surface area contributed by atoms with Gasteiger partial charge in [-0.25, -0.2) is 9.36 Å². The smallest absolute Gasteiger partial charge is 0.238 e. The number of hydrogen-bond acceptors (Lipinski definition) is 6. The average Bonchev–Trinajstić information content (AvgIpc) is 2.99. The number of aromatic nitrogens is 6. The summed E-state index contributed by atoms with van der Waals surface area (Å²) in [5.41, 5.74) is 0. The first kappa shape index (κ1) is 14.5. The van der Waals surface area contributed by atoms with Crippen LogP contribution in [0.25, 0.3) is 0 Å². The summed E-state index contributed by atoms with van der Waals surface area (Å²) in [5, 5.41) is 18.5. The van der Waals surface area contributed by atoms with Gasteiger partial charge < -0.3 is 5.32 Å². The van der Waals surface area contributed by atoms with Crippen molar-refractivity contribution in [3.8, 4) is 0 Å². The molecule has 0 aromatic carbocycles. The molecule has 0 aliphatic heterocycles. The van der Waals surface area contributed by atoms with E-state index in [1.54, 1.807) is 24.0 Å². The number of carbonyl (C=O) groups excluding carboxylic acids is 1. The minimum absolute atomic E-state index is 0.111. The fourth-order valence-corrected chi connectivity index (χ4v) is 2.34. The molecule has 1 amide bonds. The van der Waals surface area contributed by atoms with Crippen LogP contribution in [0.15, 0.2) is 17.4 Å². The van der Waals surface area contributed by atoms with Crippen molar-refractivity contribution in [2.75, 3.05) is 5.32 Å². The van der Waals surface area contributed by atoms with Gasteiger partial charge >= 0.3 is 0 Å². The third-order valence-electron chi connectivity index (χ3n) is 2.64. The topological polar surface area (TPSA) is 90.5 Å². The fourth-order valence-electron chi connectivity index (χ4n) is 1.59. The van der Waals surface area contributed by atoms with Crippen LogP contribution in [0.4, 0.5) is 5.82 Å². The number of aryl methyl sites for hydroxylation is 1. The van der Waals surface area contributed by atoms with E-state index in [9.17, 15) is 4.79 Å². The van der Waals surface area contributed by atoms with Gasteiger partial charge in [0.1, 0.15) is 5.82 Å². The molecule has 108 valence electrons. The van der Waals surface area contributed by atoms with Gasteiger partial charge in [-0.3, -0.25) is 4.79 Å². The van der Waals surface area contributed by atoms with Crippen LogP contribution in [0.3, 0.4) is 0 Å². The monoisotopic (exact) mass is 295 g/mol. The summed E-state index contributed by atoms with van der Waals surface area (Å²) < 4.78 is 3.30. The number of amides is 1. The van der Waals surface area contributed by atoms with E-state index in [-0.39, 0.29) is 17.2 Å². The number of thioether (sulfide) groups is 1. The van der Waals surface area contributed by atoms with Gasteiger partial charge in [0.05, 0.1) is 11.4 Å². The number of carbonyl (C=O) groups is 1. The lowest BCUT2D eigenvalue weighted by molar-refractivity contribution is -0.115. The van der Waals surface area contributed by atoms with Crippen molar-refractivity contribution in [1.29, 1.82) is 0 Å². The molecule has 0 unspecified atom stereocenters. The van der Waals surface area contributed by atoms with Gasteiger partial charge in [-0.15, -0.1) is 5.10 Å². The third-order valence-corrected chi connectivity index (χ3v) is 3.77. The van der Waals surface area contributed by atoms with Crippen LogP contribution in [-0.2, 0) is 11.8 Å². The number of nitrogens with zero attached hydrogens (tertiary/aromatic N) is 6. The highest BCUT2D eigenvalue weighted by Crippen LogP contribution is 2.21. The maximum absolute atomic E-state index is 12.2. The maximum atomic E-state index is 12.2. The third kappa shape index (κ3) is 3.16. The Morgan fingerprint density at radius 1 is 1.40 bits per heavy atom. The van der Waals surface area contributed by atoms with Gasteiger partial charge in [-0.2, -0.15) is 5.10 Å². The minimum Gasteiger partial charge on any atom is -0.310 e. The number of tetrazole rings is 1. The van der Waals surface area contributed by atoms with E-state index >= 15 is 0 Å². The standard InChI is InChI=1S/C11H17N7OS/c1-7(2)18-9(5-6-12-18)13-10(19)8(3)20-11-14-15-16-17(11)4/h5-8H,1-4H3,(H,13,19)/t8-/m0/s1. The van der Waals surface area contributed by atoms with Gasteiger partial charge in [0, 0.05) is 19.2 Å². The fraction of sp³-hybridized carbons (Fsp3) is 0.545. The van der Waals surface area contributed by atoms with Gasteiger partial charge in [0.25, 0.3) is 0 Å². The van der Waals surface area contributed by atoms with E-state index in [0.717, 1.165) is 0 Å². The van der Waals surface area contributed by atoms with Crippen LogP contribution in [-0.4, -0.2) is 41.1 Å². The number of rotatable bonds is 5. The van der Waals surface area contributed by atoms with Crippen LogP contribution in [0.5, 0.6) is 0 Å². The van der Waals surface area contributed by atoms with Crippen molar-refractivity contribution in [2.45, 2.75) is 37.2 Å². The van der Waals surface area contributed by atoms with Gasteiger partial charge in [0.2, 0.25) is 11.1 Å². The summed E-state index contributed by atoms with van der Waals surface area (Å²) in [6.07, 6.45) is 1.67. The van der Waals surface area contributed by atoms with Crippen LogP contribution in [0, 0.1) is 0 Å². The predicted octanol–water partition coefficient (Wildman–Crippen LogP) is 1.11. The molecule has 1 N–H and O–H groups in total. The first-order valence-electron chi connectivity index (χ1n) is 6.22. The Balaban J connectivity index is 2.01. The van der Waals surface area contributed by atoms with E-state index in [1.807, 2.05) is 20.8 Å². The number of hydrogen-bond donors (Lipinski definition) is 1. The second kappa shape index (κ2) is 6.04. The second-order valence-electron chi connectivity index (χ2n) is 4.59. The molecule has 2 rings (SSSR count). The summed E-state index contributed by atoms with van der Waals surface area (Å²) in [4.78, 5) is 12.2. The molecule has 0 bridgehead atoms. The molecule has 0 saturated carbocycles. The number of anilines is 1. The first-order chi connectivity index (χ1) is 9.49. The van der Waals surface area contributed by atoms with Crippen molar-refractivity contribution < 1.29 is 4.79 Å². The normalized spacial score (nSPS) is 12.7. The molecule has 20 heavy (non-hydrogen) atoms. The lowest BCUT2D eigenvalue weighted by atomic mass is 10.4. The van der Waals surface area contributed by atoms with Crippen LogP contribution < -0.4 is 5.32 Å². The SMILES string of the molecule is CC(C)n1nccc1NC(=O)[C@H](C)Sc1nnnn1C. The molecule has 0 spiro atoms. The molecule has 8 nitrogen and oxygen atoms in total. The molecule has 1 atom stereocenters. The van der Waals surface area contributed by atoms with Crippen molar-refractivity contribution in [1.82, 2.24) is 30.0 Å². The van der Waals surface area contributed by atoms with Crippen molar-refractivity contribution in [3.05, 3.63) is 12.3 Å². The highest BCUT2D eigenvalue weighted by Gasteiger charge is 2.19. The molecule has 2 aromatic rings. The predicted molar refractivity (Wildman–Crippen MR) is 75.4 cm³/mol. The van der Waals surface area contributed by atoms with E-state index in [2.05, 4.69) is 25.9 Å². The molecule has 0 fully saturated rings. The van der Waals surface area contributed by atoms with Gasteiger partial charge in [-0.05, 0) is 31.2 Å². The first-order valence-corrected chi connectivity index (χ1v) is 7.10. The maximum Gasteiger partial charge on any atom is 0.238 e. The van der Waals surface area contributed by atoms with Crippen molar-refractivity contribution in [2.24, 2.45) is 7.05 Å². The van der Waals surface area contributed by atoms with E-state index in [1.165, 1.54) is 16.4 Å². The zero-order valence-electron chi connectivity index (χ0n) is 11.8. The average molecular weight is 295 g/mol. The Bertz CT molecular complexity index is 591. The summed E-state index contributed by atoms with van der Waals surface area (Å²) >= 11 is 1.31. The minimum atomic E-state index is -0.310. The van der Waals surface area contributed by atoms with E-state index in [4.69, 9.17) is 0 Å². The summed E-state index contributed by atoms with van der Waals surface area (Å²) in [5.74, 6) is 0.578. The Kier molecular flexibility index (Phi) is 4.38. The molecule has 9 heteroatoms. The summed E-state index contributed by atoms with van der Waals surface area (Å²) in [6, 6.07) is 1.96. The lowest BCUT2D eigenvalue weighted by Crippen LogP contribution is -2.25. The van der Waals surface area contributed by atoms with E-state index < -0.39 is 0 Å². The quantitative estimate of drug-likeness (QED) is 0.831. The van der Waals surface area contributed by atoms with Crippen LogP contribution in [0.1, 0.15) is 26.8 Å². The Morgan fingerprint density at radius 2 is 2.15 bits per heavy atom. The number of nitrogens with one attached hydrogen (secondary N) is 1. The van der Waals surface area contributed by atoms with Crippen molar-refractivity contribution in [3.63, 3.8) is 0 Å². The Morgan fingerprint density at radius 3 is 2.75 bits per heavy atom. The van der Waals surface area contributed by atoms with E-state index in [0.29, 0.717) is 11.0 Å². The molecule has 0 saturated heterocycles. The Hall–Kier alpha value is -1.90. The molecule has 0 radical (unpaired) electrons. The highest BCUT2D eigenvalue weighted by atomic mass is 32.2. The highest BCUT2D eigenvalue weighted by molar-refractivity contribution is 8.00. The molecular weight excluding hydrogens is 278 g/mol. The van der Waals surface area contributed by atoms with Crippen LogP contribution in [0.2, 0.25) is 0 Å². The van der Waals surface area contributed by atoms with Crippen molar-refractivity contribution >= 4 is 23.5 Å². The molecule has 0 aliphatic rings. The second-order valence-corrected chi connectivity index (χ2v) is 5.90. The van der Waals surface area contributed by atoms with Gasteiger partial charge in [-0.1, -0.05) is 11.8 Å².